The van der Waals surface area contributed by atoms with Crippen LogP contribution in [0.5, 0.6) is 0 Å². The van der Waals surface area contributed by atoms with E-state index in [0.29, 0.717) is 64.4 Å². The minimum atomic E-state index is -0.738. The highest BCUT2D eigenvalue weighted by atomic mass is 35.5. The number of alkyl halides is 2. The van der Waals surface area contributed by atoms with Crippen molar-refractivity contribution >= 4 is 58.7 Å². The van der Waals surface area contributed by atoms with E-state index in [0.717, 1.165) is 57.9 Å². The fourth-order valence-electron chi connectivity index (χ4n) is 4.12. The lowest BCUT2D eigenvalue weighted by Crippen LogP contribution is -2.39. The van der Waals surface area contributed by atoms with Crippen molar-refractivity contribution in [3.8, 4) is 0 Å². The summed E-state index contributed by atoms with van der Waals surface area (Å²) in [5.41, 5.74) is -0.738. The van der Waals surface area contributed by atoms with E-state index >= 15 is 0 Å². The lowest BCUT2D eigenvalue weighted by Gasteiger charge is -2.30. The van der Waals surface area contributed by atoms with Crippen molar-refractivity contribution in [1.29, 1.82) is 0 Å². The largest absolute Gasteiger partial charge is 0.454 e. The van der Waals surface area contributed by atoms with Crippen molar-refractivity contribution in [2.45, 2.75) is 59.3 Å². The van der Waals surface area contributed by atoms with Crippen molar-refractivity contribution in [3.63, 3.8) is 0 Å². The zero-order valence-electron chi connectivity index (χ0n) is 29.8. The predicted molar refractivity (Wildman–Crippen MR) is 176 cm³/mol. The quantitative estimate of drug-likeness (QED) is 0.137. The molecule has 3 saturated heterocycles. The van der Waals surface area contributed by atoms with Crippen LogP contribution >= 0.6 is 34.8 Å². The molecule has 0 aromatic heterocycles. The van der Waals surface area contributed by atoms with Gasteiger partial charge in [0.1, 0.15) is 6.29 Å². The molecule has 0 atom stereocenters. The van der Waals surface area contributed by atoms with Crippen molar-refractivity contribution in [1.82, 2.24) is 15.1 Å². The third-order valence-electron chi connectivity index (χ3n) is 6.63. The maximum Gasteiger partial charge on any atom is 0.409 e. The van der Waals surface area contributed by atoms with Crippen molar-refractivity contribution in [2.24, 2.45) is 17.8 Å². The first-order valence-corrected chi connectivity index (χ1v) is 16.3. The fourth-order valence-corrected chi connectivity index (χ4v) is 4.23. The van der Waals surface area contributed by atoms with E-state index in [2.05, 4.69) is 10.1 Å². The number of nitrogens with zero attached hydrogens (tertiary/aromatic N) is 2. The van der Waals surface area contributed by atoms with Gasteiger partial charge in [-0.05, 0) is 84.2 Å². The number of halogens is 3. The van der Waals surface area contributed by atoms with Crippen LogP contribution in [-0.4, -0.2) is 122 Å². The molecule has 3 aliphatic heterocycles. The number of hydrogen-bond donors (Lipinski definition) is 3. The van der Waals surface area contributed by atoms with Crippen LogP contribution in [0.15, 0.2) is 0 Å². The molecule has 3 heterocycles. The average molecular weight is 695 g/mol. The molecule has 2 amide bonds. The summed E-state index contributed by atoms with van der Waals surface area (Å²) in [6.45, 7) is 12.0. The van der Waals surface area contributed by atoms with E-state index in [1.54, 1.807) is 30.6 Å². The Morgan fingerprint density at radius 2 is 1.16 bits per heavy atom. The van der Waals surface area contributed by atoms with Gasteiger partial charge in [-0.3, -0.25) is 0 Å². The fraction of sp³-hybridized carbons (Fsp3) is 0.857. The van der Waals surface area contributed by atoms with Crippen LogP contribution < -0.4 is 5.32 Å². The van der Waals surface area contributed by atoms with Gasteiger partial charge in [0.05, 0.1) is 25.2 Å². The minimum Gasteiger partial charge on any atom is -0.454 e. The normalized spacial score (nSPS) is 17.5. The second-order valence-electron chi connectivity index (χ2n) is 9.62. The molecule has 3 fully saturated rings. The number of amides is 2. The number of carbonyl (C=O) groups excluding carboxylic acids is 4. The van der Waals surface area contributed by atoms with Gasteiger partial charge in [-0.2, -0.15) is 0 Å². The second-order valence-corrected chi connectivity index (χ2v) is 10.7. The molecule has 262 valence electrons. The number of hydrogen-bond acceptors (Lipinski definition) is 10. The Balaban J connectivity index is -0.000000120. The Morgan fingerprint density at radius 1 is 0.791 bits per heavy atom. The number of ether oxygens (including phenoxy) is 3. The number of aliphatic hydroxyl groups is 2. The highest BCUT2D eigenvalue weighted by Gasteiger charge is 2.23. The number of piperidine rings is 3. The van der Waals surface area contributed by atoms with Crippen LogP contribution in [-0.2, 0) is 19.0 Å². The van der Waals surface area contributed by atoms with E-state index in [1.807, 2.05) is 0 Å². The zero-order chi connectivity index (χ0) is 36.9. The van der Waals surface area contributed by atoms with Gasteiger partial charge < -0.3 is 44.3 Å². The molecule has 15 heteroatoms. The molecule has 0 bridgehead atoms. The summed E-state index contributed by atoms with van der Waals surface area (Å²) >= 11 is 14.2. The van der Waals surface area contributed by atoms with Gasteiger partial charge in [-0.15, -0.1) is 23.2 Å². The van der Waals surface area contributed by atoms with E-state index in [1.165, 1.54) is 0 Å². The molecule has 3 rings (SSSR count). The molecule has 0 saturated carbocycles. The number of likely N-dealkylation sites (tertiary alicyclic amines) is 2. The van der Waals surface area contributed by atoms with Gasteiger partial charge in [0.15, 0.2) is 0 Å². The number of aldehydes is 1. The first-order valence-electron chi connectivity index (χ1n) is 16.8. The zero-order valence-corrected chi connectivity index (χ0v) is 28.1. The number of nitrogens with one attached hydrogen (secondary N) is 1. The third-order valence-corrected chi connectivity index (χ3v) is 6.74. The summed E-state index contributed by atoms with van der Waals surface area (Å²) in [6.07, 6.45) is 6.09. The lowest BCUT2D eigenvalue weighted by molar-refractivity contribution is -0.112. The summed E-state index contributed by atoms with van der Waals surface area (Å²) in [7, 11) is 0. The summed E-state index contributed by atoms with van der Waals surface area (Å²) in [5, 5.41) is 21.0. The van der Waals surface area contributed by atoms with Crippen molar-refractivity contribution in [2.75, 3.05) is 77.6 Å². The Kier molecular flexibility index (Phi) is 27.9. The van der Waals surface area contributed by atoms with Gasteiger partial charge in [0.25, 0.3) is 0 Å². The smallest absolute Gasteiger partial charge is 0.409 e. The molecule has 3 aliphatic rings. The summed E-state index contributed by atoms with van der Waals surface area (Å²) in [4.78, 5) is 45.8. The van der Waals surface area contributed by atoms with Crippen LogP contribution in [0.3, 0.4) is 0 Å². The number of rotatable bonds is 6. The number of aliphatic hydroxyl groups excluding tert-OH is 2. The topological polar surface area (TPSA) is 155 Å². The van der Waals surface area contributed by atoms with Gasteiger partial charge in [-0.1, -0.05) is 0 Å². The van der Waals surface area contributed by atoms with Gasteiger partial charge in [-0.25, -0.2) is 14.4 Å². The first kappa shape index (κ1) is 39.5. The van der Waals surface area contributed by atoms with Crippen molar-refractivity contribution in [3.05, 3.63) is 0 Å². The Bertz CT molecular complexity index is 730. The highest BCUT2D eigenvalue weighted by molar-refractivity contribution is 6.61. The Morgan fingerprint density at radius 3 is 1.44 bits per heavy atom. The molecule has 0 aromatic rings. The second kappa shape index (κ2) is 30.5. The molecule has 43 heavy (non-hydrogen) atoms. The standard InChI is InChI=1S/C9H17NO3.C9H15NO3.C6H13NO.C3H5ClO2.CH2Cl2.4H2/c2*1-2-13-9(12)10-5-3-8(7-11)4-6-10;8-5-6-1-3-7-4-2-6;1-2-6-3(4)5;2-1-3;;;;/h8,11H,2-7H2,1H3;7-8H,2-6H2,1H3;6-8H,1-5H2;2H2,1H3;1H2;4*1H/i;;;;;2*1+1D;2*1+1. The van der Waals surface area contributed by atoms with Gasteiger partial charge in [0.2, 0.25) is 0 Å². The molecular formula is C28H60Cl3N3O9. The Hall–Kier alpha value is -1.57. The summed E-state index contributed by atoms with van der Waals surface area (Å²) in [6, 6.07) is 0. The molecule has 0 radical (unpaired) electrons. The molecule has 0 unspecified atom stereocenters. The molecule has 0 aliphatic carbocycles. The predicted octanol–water partition coefficient (Wildman–Crippen LogP) is 5.67. The molecule has 3 N–H and O–H groups in total. The van der Waals surface area contributed by atoms with Crippen LogP contribution in [0.4, 0.5) is 14.4 Å². The lowest BCUT2D eigenvalue weighted by atomic mass is 9.98. The average Bonchev–Trinajstić information content (AvgIpc) is 3.12. The van der Waals surface area contributed by atoms with E-state index in [9.17, 15) is 19.2 Å². The number of carbonyl (C=O) groups is 4. The summed E-state index contributed by atoms with van der Waals surface area (Å²) in [5.74, 6) is 1.08. The van der Waals surface area contributed by atoms with Crippen LogP contribution in [0.1, 0.15) is 68.1 Å². The summed E-state index contributed by atoms with van der Waals surface area (Å²) < 4.78 is 33.9. The first-order chi connectivity index (χ1) is 22.7. The maximum atomic E-state index is 11.2. The minimum absolute atomic E-state index is 0. The maximum absolute atomic E-state index is 11.2. The van der Waals surface area contributed by atoms with E-state index < -0.39 is 5.43 Å². The molecular weight excluding hydrogens is 629 g/mol. The van der Waals surface area contributed by atoms with Crippen LogP contribution in [0.25, 0.3) is 0 Å². The monoisotopic (exact) mass is 693 g/mol. The van der Waals surface area contributed by atoms with Gasteiger partial charge in [0, 0.05) is 65.7 Å². The van der Waals surface area contributed by atoms with Crippen molar-refractivity contribution < 1.29 is 52.4 Å². The van der Waals surface area contributed by atoms with Crippen LogP contribution in [0, 0.1) is 17.8 Å². The molecule has 0 spiro atoms. The molecule has 12 nitrogen and oxygen atoms in total. The van der Waals surface area contributed by atoms with Gasteiger partial charge >= 0.3 is 17.6 Å². The highest BCUT2D eigenvalue weighted by Crippen LogP contribution is 2.17. The third kappa shape index (κ3) is 24.4. The van der Waals surface area contributed by atoms with E-state index in [4.69, 9.17) is 60.4 Å². The Labute approximate surface area is 280 Å². The SMILES string of the molecule is CCOC(=O)Cl.CCOC(=O)N1CCC(C=O)CC1.CCOC(=O)N1CCC(CO)CC1.ClCCl.OCC1CCNCC1.[2HH].[2HH].[2H][2H].[2H][2H]. The van der Waals surface area contributed by atoms with E-state index in [-0.39, 0.29) is 32.9 Å². The molecule has 0 aromatic carbocycles. The van der Waals surface area contributed by atoms with Crippen LogP contribution in [0.2, 0.25) is 0 Å².